The monoisotopic (exact) mass is 212 g/mol. The van der Waals surface area contributed by atoms with E-state index in [9.17, 15) is 5.11 Å². The maximum atomic E-state index is 10.0. The molecule has 1 rings (SSSR count). The minimum absolute atomic E-state index is 0.589. The van der Waals surface area contributed by atoms with Gasteiger partial charge in [0, 0.05) is 19.2 Å². The summed E-state index contributed by atoms with van der Waals surface area (Å²) in [7, 11) is 0. The molecule has 0 aliphatic carbocycles. The van der Waals surface area contributed by atoms with E-state index in [1.807, 2.05) is 26.8 Å². The van der Waals surface area contributed by atoms with Crippen molar-refractivity contribution in [3.05, 3.63) is 17.5 Å². The third-order valence-electron chi connectivity index (χ3n) is 2.75. The molecule has 1 aromatic rings. The Bertz CT molecular complexity index is 293. The van der Waals surface area contributed by atoms with Crippen molar-refractivity contribution < 1.29 is 9.63 Å². The van der Waals surface area contributed by atoms with Crippen LogP contribution in [0.4, 0.5) is 0 Å². The number of aryl methyl sites for hydroxylation is 1. The maximum absolute atomic E-state index is 10.0. The standard InChI is InChI=1S/C11H20N2O2/c1-4-11(14,5-2)8-12-7-10-6-9(3)15-13-10/h6,12,14H,4-5,7-8H2,1-3H3. The molecule has 4 heteroatoms. The lowest BCUT2D eigenvalue weighted by Gasteiger charge is -2.25. The van der Waals surface area contributed by atoms with Gasteiger partial charge in [0.15, 0.2) is 0 Å². The van der Waals surface area contributed by atoms with Crippen LogP contribution in [0.15, 0.2) is 10.6 Å². The molecule has 0 atom stereocenters. The number of aliphatic hydroxyl groups is 1. The highest BCUT2D eigenvalue weighted by atomic mass is 16.5. The Kier molecular flexibility index (Phi) is 4.29. The summed E-state index contributed by atoms with van der Waals surface area (Å²) >= 11 is 0. The van der Waals surface area contributed by atoms with Crippen molar-refractivity contribution in [2.75, 3.05) is 6.54 Å². The number of rotatable bonds is 6. The number of hydrogen-bond donors (Lipinski definition) is 2. The van der Waals surface area contributed by atoms with Gasteiger partial charge in [0.1, 0.15) is 5.76 Å². The zero-order valence-electron chi connectivity index (χ0n) is 9.71. The molecule has 0 spiro atoms. The molecular weight excluding hydrogens is 192 g/mol. The summed E-state index contributed by atoms with van der Waals surface area (Å²) in [6.07, 6.45) is 1.52. The first-order valence-electron chi connectivity index (χ1n) is 5.45. The first-order chi connectivity index (χ1) is 7.09. The lowest BCUT2D eigenvalue weighted by molar-refractivity contribution is 0.0322. The molecule has 0 bridgehead atoms. The Balaban J connectivity index is 2.32. The number of aromatic nitrogens is 1. The molecule has 0 aliphatic rings. The molecule has 15 heavy (non-hydrogen) atoms. The minimum Gasteiger partial charge on any atom is -0.389 e. The van der Waals surface area contributed by atoms with E-state index in [0.29, 0.717) is 13.1 Å². The van der Waals surface area contributed by atoms with Crippen LogP contribution < -0.4 is 5.32 Å². The van der Waals surface area contributed by atoms with Gasteiger partial charge in [0.2, 0.25) is 0 Å². The Labute approximate surface area is 90.7 Å². The van der Waals surface area contributed by atoms with Crippen molar-refractivity contribution >= 4 is 0 Å². The Hall–Kier alpha value is -0.870. The first-order valence-corrected chi connectivity index (χ1v) is 5.45. The molecule has 0 radical (unpaired) electrons. The summed E-state index contributed by atoms with van der Waals surface area (Å²) in [4.78, 5) is 0. The van der Waals surface area contributed by atoms with E-state index in [4.69, 9.17) is 4.52 Å². The lowest BCUT2D eigenvalue weighted by Crippen LogP contribution is -2.39. The second-order valence-corrected chi connectivity index (χ2v) is 3.96. The van der Waals surface area contributed by atoms with Crippen LogP contribution in [0.25, 0.3) is 0 Å². The zero-order valence-corrected chi connectivity index (χ0v) is 9.71. The van der Waals surface area contributed by atoms with Gasteiger partial charge < -0.3 is 14.9 Å². The van der Waals surface area contributed by atoms with Crippen LogP contribution in [0, 0.1) is 6.92 Å². The molecule has 0 amide bonds. The smallest absolute Gasteiger partial charge is 0.133 e. The topological polar surface area (TPSA) is 58.3 Å². The third kappa shape index (κ3) is 3.64. The number of nitrogens with zero attached hydrogens (tertiary/aromatic N) is 1. The van der Waals surface area contributed by atoms with E-state index >= 15 is 0 Å². The van der Waals surface area contributed by atoms with E-state index in [1.54, 1.807) is 0 Å². The molecule has 4 nitrogen and oxygen atoms in total. The van der Waals surface area contributed by atoms with Crippen molar-refractivity contribution in [2.45, 2.75) is 45.8 Å². The van der Waals surface area contributed by atoms with Gasteiger partial charge >= 0.3 is 0 Å². The van der Waals surface area contributed by atoms with Crippen molar-refractivity contribution in [3.63, 3.8) is 0 Å². The average Bonchev–Trinajstić information content (AvgIpc) is 2.64. The highest BCUT2D eigenvalue weighted by Crippen LogP contribution is 2.13. The summed E-state index contributed by atoms with van der Waals surface area (Å²) in [5, 5.41) is 17.1. The summed E-state index contributed by atoms with van der Waals surface area (Å²) in [5.74, 6) is 0.813. The minimum atomic E-state index is -0.598. The lowest BCUT2D eigenvalue weighted by atomic mass is 9.98. The quantitative estimate of drug-likeness (QED) is 0.752. The second-order valence-electron chi connectivity index (χ2n) is 3.96. The van der Waals surface area contributed by atoms with Gasteiger partial charge in [-0.15, -0.1) is 0 Å². The molecule has 0 saturated heterocycles. The second kappa shape index (κ2) is 5.28. The fraction of sp³-hybridized carbons (Fsp3) is 0.727. The van der Waals surface area contributed by atoms with Gasteiger partial charge in [0.25, 0.3) is 0 Å². The molecule has 1 aromatic heterocycles. The van der Waals surface area contributed by atoms with Crippen molar-refractivity contribution in [1.29, 1.82) is 0 Å². The normalized spacial score (nSPS) is 12.0. The summed E-state index contributed by atoms with van der Waals surface area (Å²) in [5.41, 5.74) is 0.278. The van der Waals surface area contributed by atoms with Crippen LogP contribution in [0.5, 0.6) is 0 Å². The van der Waals surface area contributed by atoms with Crippen molar-refractivity contribution in [2.24, 2.45) is 0 Å². The van der Waals surface area contributed by atoms with E-state index in [0.717, 1.165) is 24.3 Å². The molecule has 0 fully saturated rings. The van der Waals surface area contributed by atoms with Gasteiger partial charge in [-0.3, -0.25) is 0 Å². The molecule has 1 heterocycles. The molecule has 0 unspecified atom stereocenters. The van der Waals surface area contributed by atoms with E-state index in [2.05, 4.69) is 10.5 Å². The predicted octanol–water partition coefficient (Wildman–Crippen LogP) is 1.62. The molecule has 0 aromatic carbocycles. The SMILES string of the molecule is CCC(O)(CC)CNCc1cc(C)on1. The average molecular weight is 212 g/mol. The number of nitrogens with one attached hydrogen (secondary N) is 1. The van der Waals surface area contributed by atoms with Crippen molar-refractivity contribution in [1.82, 2.24) is 10.5 Å². The Morgan fingerprint density at radius 1 is 1.47 bits per heavy atom. The largest absolute Gasteiger partial charge is 0.389 e. The number of hydrogen-bond acceptors (Lipinski definition) is 4. The van der Waals surface area contributed by atoms with Gasteiger partial charge in [-0.2, -0.15) is 0 Å². The van der Waals surface area contributed by atoms with Crippen molar-refractivity contribution in [3.8, 4) is 0 Å². The highest BCUT2D eigenvalue weighted by Gasteiger charge is 2.21. The van der Waals surface area contributed by atoms with Crippen LogP contribution >= 0.6 is 0 Å². The summed E-state index contributed by atoms with van der Waals surface area (Å²) in [6.45, 7) is 7.08. The van der Waals surface area contributed by atoms with Gasteiger partial charge in [0.05, 0.1) is 11.3 Å². The fourth-order valence-corrected chi connectivity index (χ4v) is 1.42. The highest BCUT2D eigenvalue weighted by molar-refractivity contribution is 5.03. The fourth-order valence-electron chi connectivity index (χ4n) is 1.42. The Morgan fingerprint density at radius 2 is 2.13 bits per heavy atom. The molecule has 86 valence electrons. The summed E-state index contributed by atoms with van der Waals surface area (Å²) in [6, 6.07) is 1.89. The maximum Gasteiger partial charge on any atom is 0.133 e. The van der Waals surface area contributed by atoms with Crippen LogP contribution in [0.1, 0.15) is 38.1 Å². The van der Waals surface area contributed by atoms with Gasteiger partial charge in [-0.05, 0) is 19.8 Å². The van der Waals surface area contributed by atoms with Crippen LogP contribution in [0.2, 0.25) is 0 Å². The zero-order chi connectivity index (χ0) is 11.3. The summed E-state index contributed by atoms with van der Waals surface area (Å²) < 4.78 is 4.95. The van der Waals surface area contributed by atoms with E-state index in [1.165, 1.54) is 0 Å². The molecular formula is C11H20N2O2. The Morgan fingerprint density at radius 3 is 2.60 bits per heavy atom. The van der Waals surface area contributed by atoms with E-state index < -0.39 is 5.60 Å². The van der Waals surface area contributed by atoms with E-state index in [-0.39, 0.29) is 0 Å². The van der Waals surface area contributed by atoms with Crippen LogP contribution in [-0.4, -0.2) is 22.4 Å². The van der Waals surface area contributed by atoms with Gasteiger partial charge in [-0.25, -0.2) is 0 Å². The van der Waals surface area contributed by atoms with Gasteiger partial charge in [-0.1, -0.05) is 19.0 Å². The van der Waals surface area contributed by atoms with Crippen LogP contribution in [0.3, 0.4) is 0 Å². The molecule has 0 saturated carbocycles. The third-order valence-corrected chi connectivity index (χ3v) is 2.75. The molecule has 0 aliphatic heterocycles. The first kappa shape index (κ1) is 12.2. The predicted molar refractivity (Wildman–Crippen MR) is 58.5 cm³/mol. The molecule has 2 N–H and O–H groups in total. The van der Waals surface area contributed by atoms with Crippen LogP contribution in [-0.2, 0) is 6.54 Å².